The lowest BCUT2D eigenvalue weighted by Gasteiger charge is -2.36. The molecule has 0 bridgehead atoms. The van der Waals surface area contributed by atoms with Crippen molar-refractivity contribution in [2.45, 2.75) is 18.9 Å². The van der Waals surface area contributed by atoms with Crippen LogP contribution in [0.3, 0.4) is 0 Å². The summed E-state index contributed by atoms with van der Waals surface area (Å²) < 4.78 is 5.15. The van der Waals surface area contributed by atoms with Gasteiger partial charge < -0.3 is 25.6 Å². The van der Waals surface area contributed by atoms with E-state index in [-0.39, 0.29) is 24.6 Å². The second-order valence-electron chi connectivity index (χ2n) is 4.88. The van der Waals surface area contributed by atoms with E-state index in [1.165, 1.54) is 0 Å². The zero-order valence-electron chi connectivity index (χ0n) is 11.1. The fourth-order valence-corrected chi connectivity index (χ4v) is 2.60. The Morgan fingerprint density at radius 3 is 2.68 bits per heavy atom. The summed E-state index contributed by atoms with van der Waals surface area (Å²) in [6, 6.07) is 0.285. The summed E-state index contributed by atoms with van der Waals surface area (Å²) in [7, 11) is 0. The smallest absolute Gasteiger partial charge is 0.317 e. The van der Waals surface area contributed by atoms with Crippen LogP contribution in [0.15, 0.2) is 0 Å². The van der Waals surface area contributed by atoms with Gasteiger partial charge in [-0.25, -0.2) is 4.79 Å². The minimum atomic E-state index is 0.0118. The fourth-order valence-electron chi connectivity index (χ4n) is 2.60. The van der Waals surface area contributed by atoms with Crippen molar-refractivity contribution in [3.05, 3.63) is 0 Å². The molecule has 7 heteroatoms. The van der Waals surface area contributed by atoms with E-state index in [1.807, 2.05) is 4.90 Å². The summed E-state index contributed by atoms with van der Waals surface area (Å²) in [4.78, 5) is 27.1. The fraction of sp³-hybridized carbons (Fsp3) is 0.833. The number of nitrogens with one attached hydrogen (secondary N) is 1. The number of rotatable bonds is 5. The van der Waals surface area contributed by atoms with Crippen LogP contribution in [0, 0.1) is 0 Å². The molecule has 2 fully saturated rings. The molecule has 0 aromatic heterocycles. The van der Waals surface area contributed by atoms with Gasteiger partial charge in [-0.2, -0.15) is 0 Å². The largest absolute Gasteiger partial charge is 0.370 e. The Balaban J connectivity index is 1.72. The third-order valence-corrected chi connectivity index (χ3v) is 3.64. The van der Waals surface area contributed by atoms with E-state index in [0.29, 0.717) is 26.2 Å². The highest BCUT2D eigenvalue weighted by Crippen LogP contribution is 2.18. The van der Waals surface area contributed by atoms with Crippen molar-refractivity contribution >= 4 is 11.9 Å². The molecule has 3 amide bonds. The van der Waals surface area contributed by atoms with E-state index >= 15 is 0 Å². The summed E-state index contributed by atoms with van der Waals surface area (Å²) in [5.74, 6) is 0.0118. The maximum atomic E-state index is 11.8. The van der Waals surface area contributed by atoms with Gasteiger partial charge in [0.15, 0.2) is 0 Å². The van der Waals surface area contributed by atoms with Gasteiger partial charge in [0, 0.05) is 38.8 Å². The molecule has 19 heavy (non-hydrogen) atoms. The molecule has 0 atom stereocenters. The number of nitrogens with zero attached hydrogens (tertiary/aromatic N) is 2. The highest BCUT2D eigenvalue weighted by Gasteiger charge is 2.31. The lowest BCUT2D eigenvalue weighted by atomic mass is 10.0. The predicted molar refractivity (Wildman–Crippen MR) is 69.6 cm³/mol. The molecule has 0 radical (unpaired) electrons. The van der Waals surface area contributed by atoms with Gasteiger partial charge in [0.2, 0.25) is 5.91 Å². The molecule has 108 valence electrons. The number of carbonyl (C=O) groups is 2. The molecule has 7 nitrogen and oxygen atoms in total. The number of piperidine rings is 1. The van der Waals surface area contributed by atoms with Crippen molar-refractivity contribution in [3.63, 3.8) is 0 Å². The van der Waals surface area contributed by atoms with Crippen LogP contribution in [-0.2, 0) is 9.53 Å². The number of ether oxygens (including phenoxy) is 1. The summed E-state index contributed by atoms with van der Waals surface area (Å²) in [6.07, 6.45) is 1.69. The summed E-state index contributed by atoms with van der Waals surface area (Å²) in [5.41, 5.74) is 5.30. The third-order valence-electron chi connectivity index (χ3n) is 3.64. The van der Waals surface area contributed by atoms with Gasteiger partial charge in [-0.3, -0.25) is 4.79 Å². The summed E-state index contributed by atoms with van der Waals surface area (Å²) in [6.45, 7) is 3.84. The number of carbonyl (C=O) groups excluding carboxylic acids is 2. The monoisotopic (exact) mass is 270 g/mol. The normalized spacial score (nSPS) is 20.8. The van der Waals surface area contributed by atoms with Crippen LogP contribution in [0.4, 0.5) is 4.79 Å². The average Bonchev–Trinajstić information content (AvgIpc) is 2.85. The number of nitrogens with two attached hydrogens (primary N) is 1. The lowest BCUT2D eigenvalue weighted by molar-refractivity contribution is -0.137. The standard InChI is InChI=1S/C12H22N4O3/c13-3-8-19-9-11(17)15-5-1-10(2-6-15)16-7-4-14-12(16)18/h10H,1-9,13H2,(H,14,18). The number of hydrogen-bond donors (Lipinski definition) is 2. The molecule has 0 aliphatic carbocycles. The number of amides is 3. The molecular formula is C12H22N4O3. The van der Waals surface area contributed by atoms with Gasteiger partial charge in [0.1, 0.15) is 6.61 Å². The van der Waals surface area contributed by atoms with Crippen molar-refractivity contribution < 1.29 is 14.3 Å². The zero-order chi connectivity index (χ0) is 13.7. The third kappa shape index (κ3) is 3.57. The highest BCUT2D eigenvalue weighted by molar-refractivity contribution is 5.78. The number of urea groups is 1. The molecule has 2 rings (SSSR count). The van der Waals surface area contributed by atoms with Crippen molar-refractivity contribution in [2.24, 2.45) is 5.73 Å². The van der Waals surface area contributed by atoms with E-state index in [4.69, 9.17) is 10.5 Å². The Bertz CT molecular complexity index is 329. The Morgan fingerprint density at radius 1 is 1.37 bits per heavy atom. The summed E-state index contributed by atoms with van der Waals surface area (Å²) in [5, 5.41) is 2.81. The first-order valence-corrected chi connectivity index (χ1v) is 6.82. The number of hydrogen-bond acceptors (Lipinski definition) is 4. The molecule has 2 heterocycles. The lowest BCUT2D eigenvalue weighted by Crippen LogP contribution is -2.48. The Hall–Kier alpha value is -1.34. The zero-order valence-corrected chi connectivity index (χ0v) is 11.1. The van der Waals surface area contributed by atoms with Crippen LogP contribution < -0.4 is 11.1 Å². The molecular weight excluding hydrogens is 248 g/mol. The van der Waals surface area contributed by atoms with Crippen LogP contribution in [0.1, 0.15) is 12.8 Å². The molecule has 0 aromatic carbocycles. The number of likely N-dealkylation sites (tertiary alicyclic amines) is 1. The average molecular weight is 270 g/mol. The second kappa shape index (κ2) is 6.72. The minimum Gasteiger partial charge on any atom is -0.370 e. The van der Waals surface area contributed by atoms with Crippen molar-refractivity contribution in [1.29, 1.82) is 0 Å². The molecule has 0 aromatic rings. The molecule has 2 aliphatic heterocycles. The van der Waals surface area contributed by atoms with Gasteiger partial charge in [-0.1, -0.05) is 0 Å². The molecule has 0 unspecified atom stereocenters. The molecule has 0 saturated carbocycles. The van der Waals surface area contributed by atoms with Gasteiger partial charge in [0.25, 0.3) is 0 Å². The van der Waals surface area contributed by atoms with Crippen molar-refractivity contribution in [1.82, 2.24) is 15.1 Å². The highest BCUT2D eigenvalue weighted by atomic mass is 16.5. The van der Waals surface area contributed by atoms with Crippen molar-refractivity contribution in [2.75, 3.05) is 45.9 Å². The van der Waals surface area contributed by atoms with E-state index in [1.54, 1.807) is 4.90 Å². The quantitative estimate of drug-likeness (QED) is 0.626. The van der Waals surface area contributed by atoms with Crippen LogP contribution in [-0.4, -0.2) is 73.7 Å². The van der Waals surface area contributed by atoms with Gasteiger partial charge in [-0.15, -0.1) is 0 Å². The van der Waals surface area contributed by atoms with E-state index in [0.717, 1.165) is 25.9 Å². The van der Waals surface area contributed by atoms with Crippen LogP contribution in [0.5, 0.6) is 0 Å². The minimum absolute atomic E-state index is 0.0118. The first kappa shape index (κ1) is 14.1. The maximum Gasteiger partial charge on any atom is 0.317 e. The molecule has 0 spiro atoms. The summed E-state index contributed by atoms with van der Waals surface area (Å²) >= 11 is 0. The first-order valence-electron chi connectivity index (χ1n) is 6.82. The predicted octanol–water partition coefficient (Wildman–Crippen LogP) is -1.02. The van der Waals surface area contributed by atoms with E-state index in [2.05, 4.69) is 5.32 Å². The van der Waals surface area contributed by atoms with E-state index < -0.39 is 0 Å². The Morgan fingerprint density at radius 2 is 2.11 bits per heavy atom. The van der Waals surface area contributed by atoms with Gasteiger partial charge >= 0.3 is 6.03 Å². The van der Waals surface area contributed by atoms with E-state index in [9.17, 15) is 9.59 Å². The van der Waals surface area contributed by atoms with Crippen LogP contribution >= 0.6 is 0 Å². The van der Waals surface area contributed by atoms with Gasteiger partial charge in [-0.05, 0) is 12.8 Å². The van der Waals surface area contributed by atoms with Crippen LogP contribution in [0.25, 0.3) is 0 Å². The topological polar surface area (TPSA) is 87.9 Å². The molecule has 3 N–H and O–H groups in total. The van der Waals surface area contributed by atoms with Crippen molar-refractivity contribution in [3.8, 4) is 0 Å². The molecule has 2 saturated heterocycles. The Kier molecular flexibility index (Phi) is 4.98. The molecule has 2 aliphatic rings. The Labute approximate surface area is 113 Å². The van der Waals surface area contributed by atoms with Gasteiger partial charge in [0.05, 0.1) is 6.61 Å². The van der Waals surface area contributed by atoms with Crippen LogP contribution in [0.2, 0.25) is 0 Å². The second-order valence-corrected chi connectivity index (χ2v) is 4.88. The first-order chi connectivity index (χ1) is 9.22. The SMILES string of the molecule is NCCOCC(=O)N1CCC(N2CCNC2=O)CC1. The maximum absolute atomic E-state index is 11.8.